The number of piperazine rings is 1. The third kappa shape index (κ3) is 8.25. The van der Waals surface area contributed by atoms with Crippen LogP contribution in [0.3, 0.4) is 0 Å². The van der Waals surface area contributed by atoms with Crippen LogP contribution in [0.5, 0.6) is 5.75 Å². The Bertz CT molecular complexity index is 1290. The fourth-order valence-electron chi connectivity index (χ4n) is 4.98. The number of hydrogen-bond donors (Lipinski definition) is 1. The molecule has 41 heavy (non-hydrogen) atoms. The van der Waals surface area contributed by atoms with Gasteiger partial charge in [-0.15, -0.1) is 0 Å². The Labute approximate surface area is 241 Å². The number of carbonyl (C=O) groups is 2. The second-order valence-corrected chi connectivity index (χ2v) is 10.3. The van der Waals surface area contributed by atoms with Crippen LogP contribution in [0.25, 0.3) is 0 Å². The van der Waals surface area contributed by atoms with Gasteiger partial charge in [-0.1, -0.05) is 24.3 Å². The SMILES string of the molecule is CC(=O)c1ccc(CC(=O)N2CCN(c3ccnc(Nc4ccc(OCCCN5CCOCC5)cc4)n3)CC2)cc1. The molecule has 0 unspecified atom stereocenters. The number of amides is 1. The molecule has 10 nitrogen and oxygen atoms in total. The van der Waals surface area contributed by atoms with Crippen molar-refractivity contribution in [3.05, 3.63) is 71.9 Å². The van der Waals surface area contributed by atoms with E-state index in [4.69, 9.17) is 14.5 Å². The summed E-state index contributed by atoms with van der Waals surface area (Å²) in [5, 5.41) is 3.28. The molecule has 0 bridgehead atoms. The molecular weight excluding hydrogens is 520 g/mol. The molecule has 0 atom stereocenters. The van der Waals surface area contributed by atoms with Crippen LogP contribution in [-0.2, 0) is 16.0 Å². The van der Waals surface area contributed by atoms with E-state index in [0.29, 0.717) is 50.7 Å². The summed E-state index contributed by atoms with van der Waals surface area (Å²) in [6.07, 6.45) is 3.07. The van der Waals surface area contributed by atoms with Crippen molar-refractivity contribution in [3.63, 3.8) is 0 Å². The molecule has 3 heterocycles. The van der Waals surface area contributed by atoms with Gasteiger partial charge in [0.15, 0.2) is 5.78 Å². The predicted octanol–water partition coefficient (Wildman–Crippen LogP) is 3.42. The molecule has 0 aliphatic carbocycles. The highest BCUT2D eigenvalue weighted by atomic mass is 16.5. The van der Waals surface area contributed by atoms with Crippen molar-refractivity contribution < 1.29 is 19.1 Å². The Balaban J connectivity index is 1.06. The van der Waals surface area contributed by atoms with E-state index < -0.39 is 0 Å². The van der Waals surface area contributed by atoms with Gasteiger partial charge in [0, 0.05) is 63.3 Å². The molecule has 216 valence electrons. The number of anilines is 3. The zero-order valence-electron chi connectivity index (χ0n) is 23.6. The fourth-order valence-corrected chi connectivity index (χ4v) is 4.98. The van der Waals surface area contributed by atoms with Gasteiger partial charge in [-0.05, 0) is 49.2 Å². The molecule has 1 N–H and O–H groups in total. The smallest absolute Gasteiger partial charge is 0.229 e. The average Bonchev–Trinajstić information content (AvgIpc) is 3.01. The first-order valence-electron chi connectivity index (χ1n) is 14.3. The Kier molecular flexibility index (Phi) is 9.77. The minimum Gasteiger partial charge on any atom is -0.494 e. The van der Waals surface area contributed by atoms with Crippen LogP contribution in [0.15, 0.2) is 60.8 Å². The number of ketones is 1. The highest BCUT2D eigenvalue weighted by molar-refractivity contribution is 5.94. The predicted molar refractivity (Wildman–Crippen MR) is 158 cm³/mol. The maximum Gasteiger partial charge on any atom is 0.229 e. The number of carbonyl (C=O) groups excluding carboxylic acids is 2. The standard InChI is InChI=1S/C31H38N6O4/c1-24(38)26-5-3-25(4-6-26)23-30(39)37-16-14-36(15-17-37)29-11-12-32-31(34-29)33-27-7-9-28(10-8-27)41-20-2-13-35-18-21-40-22-19-35/h3-12H,2,13-23H2,1H3,(H,32,33,34). The number of ether oxygens (including phenoxy) is 2. The number of benzene rings is 2. The van der Waals surface area contributed by atoms with Crippen molar-refractivity contribution in [2.75, 3.05) is 75.9 Å². The molecule has 10 heteroatoms. The second-order valence-electron chi connectivity index (χ2n) is 10.3. The lowest BCUT2D eigenvalue weighted by atomic mass is 10.1. The van der Waals surface area contributed by atoms with Crippen molar-refractivity contribution in [3.8, 4) is 5.75 Å². The van der Waals surface area contributed by atoms with E-state index in [1.165, 1.54) is 0 Å². The summed E-state index contributed by atoms with van der Waals surface area (Å²) < 4.78 is 11.3. The number of morpholine rings is 1. The van der Waals surface area contributed by atoms with Gasteiger partial charge in [0.25, 0.3) is 0 Å². The lowest BCUT2D eigenvalue weighted by Crippen LogP contribution is -2.49. The molecule has 3 aromatic rings. The number of hydrogen-bond acceptors (Lipinski definition) is 9. The number of aromatic nitrogens is 2. The molecule has 2 aliphatic heterocycles. The van der Waals surface area contributed by atoms with Crippen LogP contribution in [0, 0.1) is 0 Å². The minimum atomic E-state index is 0.0239. The van der Waals surface area contributed by atoms with Crippen molar-refractivity contribution in [2.24, 2.45) is 0 Å². The van der Waals surface area contributed by atoms with E-state index in [0.717, 1.165) is 62.1 Å². The Morgan fingerprint density at radius 1 is 0.927 bits per heavy atom. The summed E-state index contributed by atoms with van der Waals surface area (Å²) in [7, 11) is 0. The van der Waals surface area contributed by atoms with Crippen molar-refractivity contribution in [2.45, 2.75) is 19.8 Å². The molecule has 2 aromatic carbocycles. The number of nitrogens with one attached hydrogen (secondary N) is 1. The maximum atomic E-state index is 12.8. The summed E-state index contributed by atoms with van der Waals surface area (Å²) in [5.41, 5.74) is 2.46. The van der Waals surface area contributed by atoms with E-state index in [2.05, 4.69) is 20.1 Å². The zero-order valence-corrected chi connectivity index (χ0v) is 23.6. The lowest BCUT2D eigenvalue weighted by Gasteiger charge is -2.35. The summed E-state index contributed by atoms with van der Waals surface area (Å²) in [6, 6.07) is 17.0. The van der Waals surface area contributed by atoms with Crippen molar-refractivity contribution in [1.29, 1.82) is 0 Å². The molecule has 0 saturated carbocycles. The van der Waals surface area contributed by atoms with Crippen molar-refractivity contribution in [1.82, 2.24) is 19.8 Å². The molecule has 2 aliphatic rings. The molecule has 2 saturated heterocycles. The molecule has 5 rings (SSSR count). The van der Waals surface area contributed by atoms with Gasteiger partial charge in [-0.3, -0.25) is 14.5 Å². The lowest BCUT2D eigenvalue weighted by molar-refractivity contribution is -0.130. The van der Waals surface area contributed by atoms with E-state index in [9.17, 15) is 9.59 Å². The summed E-state index contributed by atoms with van der Waals surface area (Å²) >= 11 is 0. The van der Waals surface area contributed by atoms with Gasteiger partial charge in [-0.25, -0.2) is 4.98 Å². The van der Waals surface area contributed by atoms with Crippen LogP contribution in [0.1, 0.15) is 29.3 Å². The summed E-state index contributed by atoms with van der Waals surface area (Å²) in [6.45, 7) is 9.55. The topological polar surface area (TPSA) is 100 Å². The second kappa shape index (κ2) is 14.0. The fraction of sp³-hybridized carbons (Fsp3) is 0.419. The molecule has 0 spiro atoms. The highest BCUT2D eigenvalue weighted by Gasteiger charge is 2.22. The largest absolute Gasteiger partial charge is 0.494 e. The Hall–Kier alpha value is -4.02. The Morgan fingerprint density at radius 3 is 2.37 bits per heavy atom. The van der Waals surface area contributed by atoms with Gasteiger partial charge >= 0.3 is 0 Å². The number of Topliss-reactive ketones (excluding diaryl/α,β-unsaturated/α-hetero) is 1. The number of nitrogens with zero attached hydrogens (tertiary/aromatic N) is 5. The van der Waals surface area contributed by atoms with Crippen LogP contribution < -0.4 is 15.0 Å². The van der Waals surface area contributed by atoms with Crippen LogP contribution >= 0.6 is 0 Å². The monoisotopic (exact) mass is 558 g/mol. The first kappa shape index (κ1) is 28.5. The molecule has 1 amide bonds. The first-order valence-corrected chi connectivity index (χ1v) is 14.3. The minimum absolute atomic E-state index is 0.0239. The van der Waals surface area contributed by atoms with Gasteiger partial charge in [0.1, 0.15) is 11.6 Å². The van der Waals surface area contributed by atoms with Crippen LogP contribution in [-0.4, -0.2) is 97.1 Å². The first-order chi connectivity index (χ1) is 20.0. The average molecular weight is 559 g/mol. The van der Waals surface area contributed by atoms with Crippen LogP contribution in [0.4, 0.5) is 17.5 Å². The molecule has 0 radical (unpaired) electrons. The van der Waals surface area contributed by atoms with Crippen LogP contribution in [0.2, 0.25) is 0 Å². The number of rotatable bonds is 11. The Morgan fingerprint density at radius 2 is 1.66 bits per heavy atom. The molecule has 1 aromatic heterocycles. The van der Waals surface area contributed by atoms with Gasteiger partial charge in [-0.2, -0.15) is 4.98 Å². The van der Waals surface area contributed by atoms with E-state index in [1.807, 2.05) is 47.4 Å². The van der Waals surface area contributed by atoms with E-state index >= 15 is 0 Å². The van der Waals surface area contributed by atoms with Gasteiger partial charge < -0.3 is 24.6 Å². The molecular formula is C31H38N6O4. The summed E-state index contributed by atoms with van der Waals surface area (Å²) in [4.78, 5) is 39.9. The van der Waals surface area contributed by atoms with Gasteiger partial charge in [0.2, 0.25) is 11.9 Å². The normalized spacial score (nSPS) is 15.9. The zero-order chi connectivity index (χ0) is 28.4. The quantitative estimate of drug-likeness (QED) is 0.280. The van der Waals surface area contributed by atoms with E-state index in [1.54, 1.807) is 25.3 Å². The third-order valence-electron chi connectivity index (χ3n) is 7.41. The van der Waals surface area contributed by atoms with Gasteiger partial charge in [0.05, 0.1) is 26.2 Å². The molecule has 2 fully saturated rings. The summed E-state index contributed by atoms with van der Waals surface area (Å²) in [5.74, 6) is 2.31. The third-order valence-corrected chi connectivity index (χ3v) is 7.41. The van der Waals surface area contributed by atoms with E-state index in [-0.39, 0.29) is 11.7 Å². The highest BCUT2D eigenvalue weighted by Crippen LogP contribution is 2.21. The van der Waals surface area contributed by atoms with Crippen molar-refractivity contribution >= 4 is 29.1 Å². The maximum absolute atomic E-state index is 12.8.